The number of nitrogens with zero attached hydrogens (tertiary/aromatic N) is 1. The van der Waals surface area contributed by atoms with Crippen LogP contribution in [0.2, 0.25) is 0 Å². The van der Waals surface area contributed by atoms with Gasteiger partial charge in [-0.3, -0.25) is 0 Å². The maximum absolute atomic E-state index is 8.70. The Kier molecular flexibility index (Phi) is 5.68. The van der Waals surface area contributed by atoms with Crippen molar-refractivity contribution in [3.05, 3.63) is 25.3 Å². The highest BCUT2D eigenvalue weighted by Crippen LogP contribution is 2.03. The van der Waals surface area contributed by atoms with Crippen molar-refractivity contribution in [3.63, 3.8) is 0 Å². The van der Waals surface area contributed by atoms with Crippen LogP contribution < -0.4 is 0 Å². The molecule has 0 aromatic heterocycles. The fourth-order valence-corrected chi connectivity index (χ4v) is 1.33. The Morgan fingerprint density at radius 2 is 1.75 bits per heavy atom. The molecule has 70 valence electrons. The lowest BCUT2D eigenvalue weighted by Crippen LogP contribution is -2.45. The molecule has 0 aliphatic heterocycles. The monoisotopic (exact) mass is 170 g/mol. The first-order valence-electron chi connectivity index (χ1n) is 4.35. The van der Waals surface area contributed by atoms with E-state index in [1.165, 1.54) is 0 Å². The molecule has 0 radical (unpaired) electrons. The molecule has 0 bridgehead atoms. The lowest BCUT2D eigenvalue weighted by atomic mass is 10.3. The van der Waals surface area contributed by atoms with E-state index < -0.39 is 0 Å². The number of quaternary nitrogens is 1. The van der Waals surface area contributed by atoms with Gasteiger partial charge < -0.3 is 9.59 Å². The summed E-state index contributed by atoms with van der Waals surface area (Å²) in [6.07, 6.45) is 4.68. The molecule has 0 amide bonds. The second-order valence-corrected chi connectivity index (χ2v) is 3.36. The molecular formula is C10H20NO+. The molecule has 0 aliphatic carbocycles. The van der Waals surface area contributed by atoms with Gasteiger partial charge in [0.2, 0.25) is 0 Å². The molecule has 0 spiro atoms. The van der Waals surface area contributed by atoms with E-state index in [9.17, 15) is 0 Å². The van der Waals surface area contributed by atoms with E-state index in [0.717, 1.165) is 30.5 Å². The van der Waals surface area contributed by atoms with Crippen LogP contribution in [0.4, 0.5) is 0 Å². The minimum Gasteiger partial charge on any atom is -0.396 e. The van der Waals surface area contributed by atoms with Crippen molar-refractivity contribution in [3.8, 4) is 0 Å². The van der Waals surface area contributed by atoms with E-state index in [4.69, 9.17) is 5.11 Å². The van der Waals surface area contributed by atoms with Crippen molar-refractivity contribution in [2.45, 2.75) is 6.42 Å². The maximum atomic E-state index is 8.70. The number of likely N-dealkylation sites (N-methyl/N-ethyl adjacent to an activating group) is 1. The average Bonchev–Trinajstić information content (AvgIpc) is 2.02. The van der Waals surface area contributed by atoms with Gasteiger partial charge in [0, 0.05) is 13.0 Å². The fourth-order valence-electron chi connectivity index (χ4n) is 1.33. The van der Waals surface area contributed by atoms with Crippen LogP contribution in [0, 0.1) is 0 Å². The SMILES string of the molecule is C=CC[N+](C)(CC=C)CCCO. The van der Waals surface area contributed by atoms with Crippen molar-refractivity contribution in [1.29, 1.82) is 0 Å². The Morgan fingerprint density at radius 1 is 1.25 bits per heavy atom. The van der Waals surface area contributed by atoms with Gasteiger partial charge in [-0.15, -0.1) is 0 Å². The number of hydrogen-bond donors (Lipinski definition) is 1. The van der Waals surface area contributed by atoms with Crippen molar-refractivity contribution >= 4 is 0 Å². The first-order valence-corrected chi connectivity index (χ1v) is 4.35. The minimum absolute atomic E-state index is 0.266. The van der Waals surface area contributed by atoms with Gasteiger partial charge >= 0.3 is 0 Å². The van der Waals surface area contributed by atoms with Gasteiger partial charge in [-0.1, -0.05) is 13.2 Å². The predicted octanol–water partition coefficient (Wildman–Crippen LogP) is 1.19. The molecule has 0 saturated carbocycles. The van der Waals surface area contributed by atoms with Gasteiger partial charge in [-0.2, -0.15) is 0 Å². The number of aliphatic hydroxyl groups excluding tert-OH is 1. The summed E-state index contributed by atoms with van der Waals surface area (Å²) in [5.74, 6) is 0. The standard InChI is InChI=1S/C10H20NO/c1-4-7-11(3,8-5-2)9-6-10-12/h4-5,12H,1-2,6-10H2,3H3/q+1. The molecule has 0 aromatic rings. The van der Waals surface area contributed by atoms with Crippen molar-refractivity contribution in [1.82, 2.24) is 0 Å². The quantitative estimate of drug-likeness (QED) is 0.449. The highest BCUT2D eigenvalue weighted by Gasteiger charge is 2.16. The second-order valence-electron chi connectivity index (χ2n) is 3.36. The van der Waals surface area contributed by atoms with E-state index in [1.54, 1.807) is 0 Å². The molecule has 0 aliphatic rings. The third-order valence-electron chi connectivity index (χ3n) is 2.00. The van der Waals surface area contributed by atoms with Crippen LogP contribution in [-0.2, 0) is 0 Å². The first-order chi connectivity index (χ1) is 5.68. The van der Waals surface area contributed by atoms with E-state index in [2.05, 4.69) is 20.2 Å². The highest BCUT2D eigenvalue weighted by molar-refractivity contribution is 4.70. The summed E-state index contributed by atoms with van der Waals surface area (Å²) in [5, 5.41) is 8.70. The summed E-state index contributed by atoms with van der Waals surface area (Å²) < 4.78 is 0.896. The molecule has 0 heterocycles. The van der Waals surface area contributed by atoms with E-state index in [0.29, 0.717) is 0 Å². The Labute approximate surface area is 75.4 Å². The summed E-state index contributed by atoms with van der Waals surface area (Å²) >= 11 is 0. The molecule has 0 fully saturated rings. The number of rotatable bonds is 7. The zero-order valence-corrected chi connectivity index (χ0v) is 8.00. The molecule has 0 saturated heterocycles. The minimum atomic E-state index is 0.266. The molecule has 0 atom stereocenters. The zero-order chi connectivity index (χ0) is 9.45. The van der Waals surface area contributed by atoms with Gasteiger partial charge in [0.25, 0.3) is 0 Å². The van der Waals surface area contributed by atoms with Gasteiger partial charge in [-0.25, -0.2) is 0 Å². The molecule has 0 rings (SSSR count). The Morgan fingerprint density at radius 3 is 2.08 bits per heavy atom. The lowest BCUT2D eigenvalue weighted by Gasteiger charge is -2.32. The summed E-state index contributed by atoms with van der Waals surface area (Å²) in [7, 11) is 2.15. The molecule has 0 aromatic carbocycles. The van der Waals surface area contributed by atoms with Crippen LogP contribution in [0.3, 0.4) is 0 Å². The normalized spacial score (nSPS) is 11.2. The molecular weight excluding hydrogens is 150 g/mol. The van der Waals surface area contributed by atoms with Gasteiger partial charge in [0.05, 0.1) is 26.7 Å². The lowest BCUT2D eigenvalue weighted by molar-refractivity contribution is -0.898. The average molecular weight is 170 g/mol. The third kappa shape index (κ3) is 4.31. The molecule has 0 unspecified atom stereocenters. The van der Waals surface area contributed by atoms with Crippen LogP contribution in [0.5, 0.6) is 0 Å². The molecule has 1 N–H and O–H groups in total. The fraction of sp³-hybridized carbons (Fsp3) is 0.600. The third-order valence-corrected chi connectivity index (χ3v) is 2.00. The van der Waals surface area contributed by atoms with Gasteiger partial charge in [0.15, 0.2) is 0 Å². The Bertz CT molecular complexity index is 133. The second kappa shape index (κ2) is 5.98. The molecule has 2 heteroatoms. The summed E-state index contributed by atoms with van der Waals surface area (Å²) in [6.45, 7) is 10.6. The van der Waals surface area contributed by atoms with E-state index in [-0.39, 0.29) is 6.61 Å². The van der Waals surface area contributed by atoms with E-state index >= 15 is 0 Å². The number of aliphatic hydroxyl groups is 1. The maximum Gasteiger partial charge on any atom is 0.0971 e. The smallest absolute Gasteiger partial charge is 0.0971 e. The molecule has 2 nitrogen and oxygen atoms in total. The van der Waals surface area contributed by atoms with Crippen LogP contribution >= 0.6 is 0 Å². The topological polar surface area (TPSA) is 20.2 Å². The summed E-state index contributed by atoms with van der Waals surface area (Å²) in [4.78, 5) is 0. The van der Waals surface area contributed by atoms with Crippen LogP contribution in [0.1, 0.15) is 6.42 Å². The summed E-state index contributed by atoms with van der Waals surface area (Å²) in [5.41, 5.74) is 0. The van der Waals surface area contributed by atoms with Crippen LogP contribution in [0.25, 0.3) is 0 Å². The van der Waals surface area contributed by atoms with E-state index in [1.807, 2.05) is 12.2 Å². The van der Waals surface area contributed by atoms with Gasteiger partial charge in [0.1, 0.15) is 0 Å². The zero-order valence-electron chi connectivity index (χ0n) is 8.00. The Hall–Kier alpha value is -0.600. The van der Waals surface area contributed by atoms with Crippen LogP contribution in [-0.4, -0.2) is 42.9 Å². The predicted molar refractivity (Wildman–Crippen MR) is 52.9 cm³/mol. The van der Waals surface area contributed by atoms with Gasteiger partial charge in [-0.05, 0) is 12.2 Å². The molecule has 12 heavy (non-hydrogen) atoms. The first kappa shape index (κ1) is 11.4. The van der Waals surface area contributed by atoms with Crippen LogP contribution in [0.15, 0.2) is 25.3 Å². The van der Waals surface area contributed by atoms with Crippen molar-refractivity contribution in [2.24, 2.45) is 0 Å². The highest BCUT2D eigenvalue weighted by atomic mass is 16.3. The van der Waals surface area contributed by atoms with Crippen molar-refractivity contribution in [2.75, 3.05) is 33.3 Å². The number of hydrogen-bond acceptors (Lipinski definition) is 1. The Balaban J connectivity index is 3.96. The largest absolute Gasteiger partial charge is 0.396 e. The van der Waals surface area contributed by atoms with Crippen molar-refractivity contribution < 1.29 is 9.59 Å². The summed E-state index contributed by atoms with van der Waals surface area (Å²) in [6, 6.07) is 0.